The van der Waals surface area contributed by atoms with Gasteiger partial charge in [0, 0.05) is 22.9 Å². The van der Waals surface area contributed by atoms with Gasteiger partial charge in [-0.25, -0.2) is 9.78 Å². The third-order valence-electron chi connectivity index (χ3n) is 4.83. The molecule has 0 aliphatic rings. The van der Waals surface area contributed by atoms with Crippen LogP contribution in [0.1, 0.15) is 26.6 Å². The summed E-state index contributed by atoms with van der Waals surface area (Å²) in [5, 5.41) is 12.8. The van der Waals surface area contributed by atoms with E-state index in [0.29, 0.717) is 38.6 Å². The Morgan fingerprint density at radius 3 is 2.30 bits per heavy atom. The van der Waals surface area contributed by atoms with Crippen LogP contribution in [-0.4, -0.2) is 30.8 Å². The van der Waals surface area contributed by atoms with Crippen molar-refractivity contribution in [3.8, 4) is 22.9 Å². The third kappa shape index (κ3) is 4.28. The van der Waals surface area contributed by atoms with E-state index in [1.54, 1.807) is 31.2 Å². The highest BCUT2D eigenvalue weighted by Gasteiger charge is 2.14. The Bertz CT molecular complexity index is 1520. The Morgan fingerprint density at radius 2 is 1.64 bits per heavy atom. The van der Waals surface area contributed by atoms with E-state index in [2.05, 4.69) is 20.3 Å². The molecule has 33 heavy (non-hydrogen) atoms. The number of carbonyl (C=O) groups is 1. The van der Waals surface area contributed by atoms with Gasteiger partial charge in [-0.3, -0.25) is 4.79 Å². The van der Waals surface area contributed by atoms with Gasteiger partial charge in [0.2, 0.25) is 16.7 Å². The first kappa shape index (κ1) is 20.7. The van der Waals surface area contributed by atoms with Crippen LogP contribution in [0.3, 0.4) is 0 Å². The van der Waals surface area contributed by atoms with E-state index in [1.165, 1.54) is 21.9 Å². The molecule has 0 unspecified atom stereocenters. The molecule has 0 atom stereocenters. The van der Waals surface area contributed by atoms with Crippen molar-refractivity contribution in [3.63, 3.8) is 0 Å². The van der Waals surface area contributed by atoms with Crippen LogP contribution in [0.2, 0.25) is 0 Å². The smallest absolute Gasteiger partial charge is 0.338 e. The van der Waals surface area contributed by atoms with Gasteiger partial charge in [-0.2, -0.15) is 9.61 Å². The molecule has 3 aromatic heterocycles. The number of hydrogen-bond acceptors (Lipinski definition) is 9. The number of fused-ring (bicyclic) bond motifs is 1. The summed E-state index contributed by atoms with van der Waals surface area (Å²) in [5.74, 6) is 0.268. The van der Waals surface area contributed by atoms with Crippen molar-refractivity contribution in [1.82, 2.24) is 24.8 Å². The molecule has 0 saturated carbocycles. The van der Waals surface area contributed by atoms with Gasteiger partial charge in [-0.1, -0.05) is 29.0 Å². The SMILES string of the molecule is Cc1ccc(-c2nnc(-c3ccc(C(=O)OCc4nn5c(=O)cc(C)nc5s4)cc3)o2)cc1. The first-order valence-electron chi connectivity index (χ1n) is 10.0. The van der Waals surface area contributed by atoms with Gasteiger partial charge >= 0.3 is 5.97 Å². The highest BCUT2D eigenvalue weighted by Crippen LogP contribution is 2.24. The quantitative estimate of drug-likeness (QED) is 0.364. The van der Waals surface area contributed by atoms with Crippen molar-refractivity contribution in [2.24, 2.45) is 0 Å². The molecule has 0 amide bonds. The van der Waals surface area contributed by atoms with Crippen LogP contribution >= 0.6 is 11.3 Å². The number of nitrogens with zero attached hydrogens (tertiary/aromatic N) is 5. The highest BCUT2D eigenvalue weighted by atomic mass is 32.1. The molecule has 0 aliphatic carbocycles. The molecule has 5 aromatic rings. The Kier molecular flexibility index (Phi) is 5.27. The number of ether oxygens (including phenoxy) is 1. The molecule has 3 heterocycles. The molecule has 0 fully saturated rings. The zero-order chi connectivity index (χ0) is 22.9. The molecule has 10 heteroatoms. The lowest BCUT2D eigenvalue weighted by Crippen LogP contribution is -2.14. The number of esters is 1. The summed E-state index contributed by atoms with van der Waals surface area (Å²) in [6.45, 7) is 3.69. The molecule has 2 aromatic carbocycles. The fourth-order valence-corrected chi connectivity index (χ4v) is 3.99. The van der Waals surface area contributed by atoms with Gasteiger partial charge in [-0.15, -0.1) is 10.2 Å². The van der Waals surface area contributed by atoms with E-state index in [9.17, 15) is 9.59 Å². The molecule has 0 N–H and O–H groups in total. The fourth-order valence-electron chi connectivity index (χ4n) is 3.13. The molecule has 5 rings (SSSR count). The van der Waals surface area contributed by atoms with E-state index in [0.717, 1.165) is 11.1 Å². The zero-order valence-corrected chi connectivity index (χ0v) is 18.5. The van der Waals surface area contributed by atoms with E-state index in [-0.39, 0.29) is 12.2 Å². The molecule has 164 valence electrons. The molecule has 0 radical (unpaired) electrons. The monoisotopic (exact) mass is 459 g/mol. The Labute approximate surface area is 191 Å². The van der Waals surface area contributed by atoms with Crippen LogP contribution in [0.5, 0.6) is 0 Å². The number of carbonyl (C=O) groups excluding carboxylic acids is 1. The normalized spacial score (nSPS) is 11.1. The molecule has 0 aliphatic heterocycles. The third-order valence-corrected chi connectivity index (χ3v) is 5.71. The van der Waals surface area contributed by atoms with Crippen LogP contribution in [0.4, 0.5) is 0 Å². The van der Waals surface area contributed by atoms with Crippen LogP contribution in [0, 0.1) is 13.8 Å². The van der Waals surface area contributed by atoms with Crippen molar-refractivity contribution >= 4 is 22.3 Å². The predicted octanol–water partition coefficient (Wildman–Crippen LogP) is 3.84. The maximum atomic E-state index is 12.4. The van der Waals surface area contributed by atoms with Gasteiger partial charge in [0.1, 0.15) is 6.61 Å². The number of rotatable bonds is 5. The Morgan fingerprint density at radius 1 is 1.00 bits per heavy atom. The second kappa shape index (κ2) is 8.40. The van der Waals surface area contributed by atoms with Gasteiger partial charge in [-0.05, 0) is 50.2 Å². The van der Waals surface area contributed by atoms with Gasteiger partial charge in [0.05, 0.1) is 5.56 Å². The molecule has 0 bridgehead atoms. The molecule has 0 saturated heterocycles. The van der Waals surface area contributed by atoms with Gasteiger partial charge < -0.3 is 9.15 Å². The number of aromatic nitrogens is 5. The van der Waals surface area contributed by atoms with Crippen molar-refractivity contribution in [2.75, 3.05) is 0 Å². The zero-order valence-electron chi connectivity index (χ0n) is 17.7. The van der Waals surface area contributed by atoms with E-state index < -0.39 is 5.97 Å². The molecular formula is C23H17N5O4S. The van der Waals surface area contributed by atoms with Gasteiger partial charge in [0.15, 0.2) is 5.01 Å². The van der Waals surface area contributed by atoms with Crippen molar-refractivity contribution in [2.45, 2.75) is 20.5 Å². The second-order valence-corrected chi connectivity index (χ2v) is 8.40. The summed E-state index contributed by atoms with van der Waals surface area (Å²) in [5.41, 5.74) is 3.37. The maximum Gasteiger partial charge on any atom is 0.338 e. The first-order valence-corrected chi connectivity index (χ1v) is 10.8. The number of aryl methyl sites for hydroxylation is 2. The topological polar surface area (TPSA) is 112 Å². The summed E-state index contributed by atoms with van der Waals surface area (Å²) in [6, 6.07) is 15.9. The van der Waals surface area contributed by atoms with Crippen molar-refractivity contribution in [1.29, 1.82) is 0 Å². The van der Waals surface area contributed by atoms with Crippen molar-refractivity contribution < 1.29 is 13.9 Å². The van der Waals surface area contributed by atoms with Crippen molar-refractivity contribution in [3.05, 3.63) is 86.8 Å². The Balaban J connectivity index is 1.27. The van der Waals surface area contributed by atoms with E-state index in [1.807, 2.05) is 31.2 Å². The fraction of sp³-hybridized carbons (Fsp3) is 0.130. The maximum absolute atomic E-state index is 12.4. The van der Waals surface area contributed by atoms with Gasteiger partial charge in [0.25, 0.3) is 5.56 Å². The average molecular weight is 459 g/mol. The minimum Gasteiger partial charge on any atom is -0.455 e. The predicted molar refractivity (Wildman–Crippen MR) is 121 cm³/mol. The summed E-state index contributed by atoms with van der Waals surface area (Å²) in [6.07, 6.45) is 0. The lowest BCUT2D eigenvalue weighted by Gasteiger charge is -2.03. The lowest BCUT2D eigenvalue weighted by molar-refractivity contribution is 0.0471. The number of hydrogen-bond donors (Lipinski definition) is 0. The minimum atomic E-state index is -0.511. The summed E-state index contributed by atoms with van der Waals surface area (Å²) < 4.78 is 12.3. The van der Waals surface area contributed by atoms with Crippen LogP contribution in [0.25, 0.3) is 27.9 Å². The second-order valence-electron chi connectivity index (χ2n) is 7.36. The standard InChI is InChI=1S/C23H17N5O4S/c1-13-3-5-15(6-4-13)20-25-26-21(32-20)16-7-9-17(10-8-16)22(30)31-12-18-27-28-19(29)11-14(2)24-23(28)33-18/h3-11H,12H2,1-2H3. The minimum absolute atomic E-state index is 0.0589. The largest absolute Gasteiger partial charge is 0.455 e. The van der Waals surface area contributed by atoms with E-state index >= 15 is 0 Å². The molecule has 0 spiro atoms. The van der Waals surface area contributed by atoms with Crippen LogP contribution < -0.4 is 5.56 Å². The average Bonchev–Trinajstić information content (AvgIpc) is 3.46. The summed E-state index contributed by atoms with van der Waals surface area (Å²) >= 11 is 1.20. The van der Waals surface area contributed by atoms with Crippen LogP contribution in [0.15, 0.2) is 63.8 Å². The summed E-state index contributed by atoms with van der Waals surface area (Å²) in [7, 11) is 0. The molecule has 9 nitrogen and oxygen atoms in total. The Hall–Kier alpha value is -4.18. The van der Waals surface area contributed by atoms with Crippen LogP contribution in [-0.2, 0) is 11.3 Å². The highest BCUT2D eigenvalue weighted by molar-refractivity contribution is 7.16. The number of benzene rings is 2. The molecular weight excluding hydrogens is 442 g/mol. The first-order chi connectivity index (χ1) is 16.0. The lowest BCUT2D eigenvalue weighted by atomic mass is 10.1. The van der Waals surface area contributed by atoms with E-state index in [4.69, 9.17) is 9.15 Å². The summed E-state index contributed by atoms with van der Waals surface area (Å²) in [4.78, 5) is 29.1.